The Labute approximate surface area is 143 Å². The first kappa shape index (κ1) is 16.7. The summed E-state index contributed by atoms with van der Waals surface area (Å²) < 4.78 is 14.3. The van der Waals surface area contributed by atoms with Gasteiger partial charge in [0.25, 0.3) is 11.8 Å². The van der Waals surface area contributed by atoms with Crippen molar-refractivity contribution in [2.24, 2.45) is 0 Å². The van der Waals surface area contributed by atoms with Gasteiger partial charge in [0.15, 0.2) is 0 Å². The maximum Gasteiger partial charge on any atom is 0.279 e. The van der Waals surface area contributed by atoms with E-state index in [1.165, 1.54) is 35.6 Å². The molecular weight excluding hydrogens is 395 g/mol. The fourth-order valence-electron chi connectivity index (χ4n) is 1.49. The molecule has 1 heterocycles. The summed E-state index contributed by atoms with van der Waals surface area (Å²) in [4.78, 5) is 23.7. The lowest BCUT2D eigenvalue weighted by Gasteiger charge is -2.03. The molecule has 0 aliphatic heterocycles. The molecule has 0 fully saturated rings. The predicted octanol–water partition coefficient (Wildman–Crippen LogP) is 3.78. The van der Waals surface area contributed by atoms with Gasteiger partial charge in [0.2, 0.25) is 0 Å². The zero-order valence-corrected chi connectivity index (χ0v) is 14.1. The standard InChI is InChI=1S/C14H9BrClFN2O2S/c15-12-6-5-11(22-12)14(21)19-18-13(20)7-4-8-9(16)2-1-3-10(8)17/h1-7H,(H,18,20)(H,19,21)/b7-4+. The summed E-state index contributed by atoms with van der Waals surface area (Å²) in [5, 5.41) is 0.191. The van der Waals surface area contributed by atoms with E-state index in [9.17, 15) is 14.0 Å². The number of hydrogen-bond donors (Lipinski definition) is 2. The molecule has 0 spiro atoms. The predicted molar refractivity (Wildman–Crippen MR) is 88.1 cm³/mol. The molecule has 1 aromatic heterocycles. The van der Waals surface area contributed by atoms with Crippen LogP contribution in [0.25, 0.3) is 6.08 Å². The minimum atomic E-state index is -0.608. The molecule has 2 rings (SSSR count). The van der Waals surface area contributed by atoms with E-state index >= 15 is 0 Å². The van der Waals surface area contributed by atoms with Gasteiger partial charge < -0.3 is 0 Å². The van der Waals surface area contributed by atoms with Crippen LogP contribution < -0.4 is 10.9 Å². The molecule has 22 heavy (non-hydrogen) atoms. The molecule has 2 N–H and O–H groups in total. The molecule has 0 saturated carbocycles. The van der Waals surface area contributed by atoms with E-state index in [4.69, 9.17) is 11.6 Å². The second kappa shape index (κ2) is 7.53. The average molecular weight is 404 g/mol. The number of rotatable bonds is 3. The van der Waals surface area contributed by atoms with Crippen molar-refractivity contribution in [1.82, 2.24) is 10.9 Å². The molecule has 0 atom stereocenters. The fraction of sp³-hybridized carbons (Fsp3) is 0. The van der Waals surface area contributed by atoms with Crippen molar-refractivity contribution in [3.05, 3.63) is 61.5 Å². The van der Waals surface area contributed by atoms with Crippen molar-refractivity contribution < 1.29 is 14.0 Å². The van der Waals surface area contributed by atoms with Crippen molar-refractivity contribution >= 4 is 56.8 Å². The number of amides is 2. The largest absolute Gasteiger partial charge is 0.279 e. The Kier molecular flexibility index (Phi) is 5.70. The quantitative estimate of drug-likeness (QED) is 0.605. The highest BCUT2D eigenvalue weighted by Gasteiger charge is 2.09. The minimum Gasteiger partial charge on any atom is -0.268 e. The monoisotopic (exact) mass is 402 g/mol. The summed E-state index contributed by atoms with van der Waals surface area (Å²) >= 11 is 10.3. The second-order valence-electron chi connectivity index (χ2n) is 4.02. The first-order valence-corrected chi connectivity index (χ1v) is 7.94. The molecule has 8 heteroatoms. The van der Waals surface area contributed by atoms with Crippen molar-refractivity contribution in [3.8, 4) is 0 Å². The lowest BCUT2D eigenvalue weighted by molar-refractivity contribution is -0.117. The Morgan fingerprint density at radius 1 is 1.23 bits per heavy atom. The maximum absolute atomic E-state index is 13.5. The number of benzene rings is 1. The lowest BCUT2D eigenvalue weighted by atomic mass is 10.2. The topological polar surface area (TPSA) is 58.2 Å². The number of thiophene rings is 1. The Morgan fingerprint density at radius 3 is 2.64 bits per heavy atom. The third kappa shape index (κ3) is 4.40. The van der Waals surface area contributed by atoms with Gasteiger partial charge in [-0.15, -0.1) is 11.3 Å². The zero-order valence-electron chi connectivity index (χ0n) is 10.9. The summed E-state index contributed by atoms with van der Waals surface area (Å²) in [6.45, 7) is 0. The van der Waals surface area contributed by atoms with E-state index in [1.807, 2.05) is 0 Å². The van der Waals surface area contributed by atoms with Crippen molar-refractivity contribution in [1.29, 1.82) is 0 Å². The van der Waals surface area contributed by atoms with Crippen LogP contribution in [0.15, 0.2) is 40.2 Å². The van der Waals surface area contributed by atoms with Crippen LogP contribution in [0.2, 0.25) is 5.02 Å². The summed E-state index contributed by atoms with van der Waals surface area (Å²) in [7, 11) is 0. The van der Waals surface area contributed by atoms with E-state index < -0.39 is 17.6 Å². The number of carbonyl (C=O) groups is 2. The Bertz CT molecular complexity index is 728. The van der Waals surface area contributed by atoms with Crippen molar-refractivity contribution in [2.75, 3.05) is 0 Å². The number of halogens is 3. The van der Waals surface area contributed by atoms with Gasteiger partial charge in [-0.05, 0) is 46.3 Å². The van der Waals surface area contributed by atoms with Gasteiger partial charge in [0, 0.05) is 11.6 Å². The number of carbonyl (C=O) groups excluding carboxylic acids is 2. The van der Waals surface area contributed by atoms with Gasteiger partial charge in [-0.2, -0.15) is 0 Å². The Balaban J connectivity index is 1.93. The van der Waals surface area contributed by atoms with Crippen molar-refractivity contribution in [2.45, 2.75) is 0 Å². The molecule has 0 radical (unpaired) electrons. The third-order valence-electron chi connectivity index (χ3n) is 2.50. The van der Waals surface area contributed by atoms with E-state index in [-0.39, 0.29) is 10.6 Å². The molecule has 0 unspecified atom stereocenters. The first-order chi connectivity index (χ1) is 10.5. The highest BCUT2D eigenvalue weighted by Crippen LogP contribution is 2.22. The maximum atomic E-state index is 13.5. The van der Waals surface area contributed by atoms with Crippen LogP contribution in [0.4, 0.5) is 4.39 Å². The molecule has 2 amide bonds. The van der Waals surface area contributed by atoms with Crippen molar-refractivity contribution in [3.63, 3.8) is 0 Å². The number of hydrazine groups is 1. The molecule has 0 aliphatic rings. The van der Waals surface area contributed by atoms with Crippen LogP contribution >= 0.6 is 38.9 Å². The molecular formula is C14H9BrClFN2O2S. The highest BCUT2D eigenvalue weighted by atomic mass is 79.9. The number of hydrogen-bond acceptors (Lipinski definition) is 3. The van der Waals surface area contributed by atoms with Gasteiger partial charge in [-0.25, -0.2) is 4.39 Å². The Hall–Kier alpha value is -1.70. The molecule has 1 aromatic carbocycles. The highest BCUT2D eigenvalue weighted by molar-refractivity contribution is 9.11. The van der Waals surface area contributed by atoms with Crippen LogP contribution in [-0.4, -0.2) is 11.8 Å². The van der Waals surface area contributed by atoms with Gasteiger partial charge in [0.1, 0.15) is 5.82 Å². The normalized spacial score (nSPS) is 10.7. The SMILES string of the molecule is O=C(/C=C/c1c(F)cccc1Cl)NNC(=O)c1ccc(Br)s1. The summed E-state index contributed by atoms with van der Waals surface area (Å²) in [5.74, 6) is -1.59. The average Bonchev–Trinajstić information content (AvgIpc) is 2.91. The van der Waals surface area contributed by atoms with E-state index in [1.54, 1.807) is 12.1 Å². The molecule has 4 nitrogen and oxygen atoms in total. The van der Waals surface area contributed by atoms with Crippen LogP contribution in [0.3, 0.4) is 0 Å². The van der Waals surface area contributed by atoms with Gasteiger partial charge >= 0.3 is 0 Å². The van der Waals surface area contributed by atoms with Crippen LogP contribution in [-0.2, 0) is 4.79 Å². The van der Waals surface area contributed by atoms with Crippen LogP contribution in [0.1, 0.15) is 15.2 Å². The molecule has 0 bridgehead atoms. The molecule has 0 saturated heterocycles. The second-order valence-corrected chi connectivity index (χ2v) is 6.89. The van der Waals surface area contributed by atoms with E-state index in [0.717, 1.165) is 9.86 Å². The van der Waals surface area contributed by atoms with E-state index in [2.05, 4.69) is 26.8 Å². The third-order valence-corrected chi connectivity index (χ3v) is 4.45. The van der Waals surface area contributed by atoms with Gasteiger partial charge in [0.05, 0.1) is 13.7 Å². The van der Waals surface area contributed by atoms with Gasteiger partial charge in [-0.1, -0.05) is 17.7 Å². The summed E-state index contributed by atoms with van der Waals surface area (Å²) in [6.07, 6.45) is 2.32. The van der Waals surface area contributed by atoms with E-state index in [0.29, 0.717) is 4.88 Å². The first-order valence-electron chi connectivity index (χ1n) is 5.95. The smallest absolute Gasteiger partial charge is 0.268 e. The zero-order chi connectivity index (χ0) is 16.1. The Morgan fingerprint density at radius 2 is 2.00 bits per heavy atom. The van der Waals surface area contributed by atoms with Crippen LogP contribution in [0.5, 0.6) is 0 Å². The minimum absolute atomic E-state index is 0.104. The number of nitrogens with one attached hydrogen (secondary N) is 2. The van der Waals surface area contributed by atoms with Gasteiger partial charge in [-0.3, -0.25) is 20.4 Å². The lowest BCUT2D eigenvalue weighted by Crippen LogP contribution is -2.40. The molecule has 2 aromatic rings. The van der Waals surface area contributed by atoms with Crippen LogP contribution in [0, 0.1) is 5.82 Å². The fourth-order valence-corrected chi connectivity index (χ4v) is 2.99. The molecule has 0 aliphatic carbocycles. The summed E-state index contributed by atoms with van der Waals surface area (Å²) in [6, 6.07) is 7.56. The molecule has 114 valence electrons. The summed E-state index contributed by atoms with van der Waals surface area (Å²) in [5.41, 5.74) is 4.56.